The van der Waals surface area contributed by atoms with E-state index in [0.29, 0.717) is 50.8 Å². The predicted molar refractivity (Wildman–Crippen MR) is 145 cm³/mol. The van der Waals surface area contributed by atoms with Crippen LogP contribution in [0.1, 0.15) is 32.3 Å². The minimum Gasteiger partial charge on any atom is -0.473 e. The summed E-state index contributed by atoms with van der Waals surface area (Å²) < 4.78 is 22.6. The lowest BCUT2D eigenvalue weighted by atomic mass is 10.2. The Morgan fingerprint density at radius 3 is 2.10 bits per heavy atom. The van der Waals surface area contributed by atoms with Crippen LogP contribution in [0.5, 0.6) is 5.88 Å². The lowest BCUT2D eigenvalue weighted by Crippen LogP contribution is -2.49. The highest BCUT2D eigenvalue weighted by atomic mass is 16.6. The van der Waals surface area contributed by atoms with Gasteiger partial charge < -0.3 is 28.7 Å². The number of para-hydroxylation sites is 1. The Kier molecular flexibility index (Phi) is 8.28. The van der Waals surface area contributed by atoms with E-state index in [-0.39, 0.29) is 18.8 Å². The summed E-state index contributed by atoms with van der Waals surface area (Å²) in [4.78, 5) is 49.0. The number of fused-ring (bicyclic) bond motifs is 1. The first kappa shape index (κ1) is 27.2. The summed E-state index contributed by atoms with van der Waals surface area (Å²) in [6.45, 7) is 4.88. The van der Waals surface area contributed by atoms with Gasteiger partial charge in [-0.15, -0.1) is 0 Å². The van der Waals surface area contributed by atoms with E-state index < -0.39 is 24.1 Å². The zero-order valence-corrected chi connectivity index (χ0v) is 22.5. The average Bonchev–Trinajstić information content (AvgIpc) is 3.31. The van der Waals surface area contributed by atoms with Crippen molar-refractivity contribution in [1.29, 1.82) is 0 Å². The SMILES string of the molecule is CC(=O)O[C@H]1CC(Oc2nc(N3CCN(C(=O)OCc4ccccc4)CC3)nc3ccccc23)C[C@H]1OC(C)=O. The third-order valence-electron chi connectivity index (χ3n) is 6.90. The van der Waals surface area contributed by atoms with Gasteiger partial charge in [0.2, 0.25) is 11.8 Å². The minimum absolute atomic E-state index is 0.228. The van der Waals surface area contributed by atoms with E-state index in [0.717, 1.165) is 16.5 Å². The molecule has 1 amide bonds. The highest BCUT2D eigenvalue weighted by Gasteiger charge is 2.40. The first-order chi connectivity index (χ1) is 19.4. The number of ether oxygens (including phenoxy) is 4. The van der Waals surface area contributed by atoms with Crippen molar-refractivity contribution >= 4 is 34.9 Å². The Balaban J connectivity index is 1.26. The molecule has 0 spiro atoms. The number of carbonyl (C=O) groups excluding carboxylic acids is 3. The number of carbonyl (C=O) groups is 3. The molecule has 2 fully saturated rings. The van der Waals surface area contributed by atoms with Gasteiger partial charge in [0.25, 0.3) is 0 Å². The van der Waals surface area contributed by atoms with Crippen molar-refractivity contribution in [2.24, 2.45) is 0 Å². The molecule has 1 saturated carbocycles. The van der Waals surface area contributed by atoms with Gasteiger partial charge in [-0.1, -0.05) is 42.5 Å². The standard InChI is InChI=1S/C29H32N4O7/c1-19(34)38-25-16-22(17-26(25)39-20(2)35)40-27-23-10-6-7-11-24(23)30-28(31-27)32-12-14-33(15-13-32)29(36)37-18-21-8-4-3-5-9-21/h3-11,22,25-26H,12-18H2,1-2H3/t22?,25-,26+. The van der Waals surface area contributed by atoms with Crippen molar-refractivity contribution < 1.29 is 33.3 Å². The average molecular weight is 549 g/mol. The molecule has 5 rings (SSSR count). The van der Waals surface area contributed by atoms with E-state index in [1.54, 1.807) is 4.90 Å². The molecule has 11 nitrogen and oxygen atoms in total. The highest BCUT2D eigenvalue weighted by molar-refractivity contribution is 5.84. The van der Waals surface area contributed by atoms with Crippen LogP contribution in [-0.2, 0) is 30.4 Å². The van der Waals surface area contributed by atoms with Gasteiger partial charge in [0, 0.05) is 52.9 Å². The number of esters is 2. The van der Waals surface area contributed by atoms with Crippen LogP contribution < -0.4 is 9.64 Å². The second-order valence-electron chi connectivity index (χ2n) is 9.87. The molecule has 0 bridgehead atoms. The molecule has 11 heteroatoms. The fraction of sp³-hybridized carbons (Fsp3) is 0.414. The lowest BCUT2D eigenvalue weighted by Gasteiger charge is -2.34. The van der Waals surface area contributed by atoms with E-state index in [2.05, 4.69) is 0 Å². The third kappa shape index (κ3) is 6.59. The molecule has 1 aliphatic heterocycles. The van der Waals surface area contributed by atoms with Crippen molar-refractivity contribution in [1.82, 2.24) is 14.9 Å². The summed E-state index contributed by atoms with van der Waals surface area (Å²) in [7, 11) is 0. The van der Waals surface area contributed by atoms with E-state index in [4.69, 9.17) is 28.9 Å². The number of benzene rings is 2. The topological polar surface area (TPSA) is 120 Å². The second kappa shape index (κ2) is 12.2. The molecule has 3 atom stereocenters. The molecule has 210 valence electrons. The lowest BCUT2D eigenvalue weighted by molar-refractivity contribution is -0.162. The molecular formula is C29H32N4O7. The molecule has 1 unspecified atom stereocenters. The van der Waals surface area contributed by atoms with Gasteiger partial charge in [-0.3, -0.25) is 9.59 Å². The molecule has 1 saturated heterocycles. The van der Waals surface area contributed by atoms with Crippen LogP contribution in [0.2, 0.25) is 0 Å². The molecule has 1 aliphatic carbocycles. The van der Waals surface area contributed by atoms with Gasteiger partial charge in [-0.05, 0) is 17.7 Å². The van der Waals surface area contributed by atoms with Gasteiger partial charge in [-0.2, -0.15) is 4.98 Å². The van der Waals surface area contributed by atoms with Crippen molar-refractivity contribution in [2.75, 3.05) is 31.1 Å². The Bertz CT molecular complexity index is 1340. The summed E-state index contributed by atoms with van der Waals surface area (Å²) >= 11 is 0. The Morgan fingerprint density at radius 2 is 1.45 bits per heavy atom. The van der Waals surface area contributed by atoms with Gasteiger partial charge >= 0.3 is 18.0 Å². The van der Waals surface area contributed by atoms with Crippen LogP contribution in [0.25, 0.3) is 10.9 Å². The smallest absolute Gasteiger partial charge is 0.410 e. The van der Waals surface area contributed by atoms with Gasteiger partial charge in [-0.25, -0.2) is 9.78 Å². The van der Waals surface area contributed by atoms with Crippen LogP contribution in [-0.4, -0.2) is 77.4 Å². The quantitative estimate of drug-likeness (QED) is 0.320. The summed E-state index contributed by atoms with van der Waals surface area (Å²) in [5, 5.41) is 0.745. The summed E-state index contributed by atoms with van der Waals surface area (Å²) in [6.07, 6.45) is -1.17. The fourth-order valence-electron chi connectivity index (χ4n) is 5.01. The Labute approximate surface area is 232 Å². The molecule has 2 aliphatic rings. The van der Waals surface area contributed by atoms with Crippen LogP contribution >= 0.6 is 0 Å². The fourth-order valence-corrected chi connectivity index (χ4v) is 5.01. The second-order valence-corrected chi connectivity index (χ2v) is 9.87. The maximum Gasteiger partial charge on any atom is 0.410 e. The maximum atomic E-state index is 12.6. The van der Waals surface area contributed by atoms with E-state index >= 15 is 0 Å². The van der Waals surface area contributed by atoms with Crippen molar-refractivity contribution in [3.05, 3.63) is 60.2 Å². The number of hydrogen-bond donors (Lipinski definition) is 0. The Hall–Kier alpha value is -4.41. The van der Waals surface area contributed by atoms with Crippen LogP contribution in [0.4, 0.5) is 10.7 Å². The summed E-state index contributed by atoms with van der Waals surface area (Å²) in [5.41, 5.74) is 1.66. The van der Waals surface area contributed by atoms with E-state index in [1.165, 1.54) is 13.8 Å². The van der Waals surface area contributed by atoms with Crippen LogP contribution in [0.15, 0.2) is 54.6 Å². The van der Waals surface area contributed by atoms with Crippen molar-refractivity contribution in [2.45, 2.75) is 51.6 Å². The zero-order chi connectivity index (χ0) is 28.1. The number of aromatic nitrogens is 2. The van der Waals surface area contributed by atoms with Gasteiger partial charge in [0.15, 0.2) is 0 Å². The normalized spacial score (nSPS) is 20.7. The predicted octanol–water partition coefficient (Wildman–Crippen LogP) is 3.49. The molecule has 1 aromatic heterocycles. The van der Waals surface area contributed by atoms with Crippen molar-refractivity contribution in [3.8, 4) is 5.88 Å². The maximum absolute atomic E-state index is 12.6. The van der Waals surface area contributed by atoms with Crippen LogP contribution in [0.3, 0.4) is 0 Å². The Morgan fingerprint density at radius 1 is 0.825 bits per heavy atom. The number of amides is 1. The molecule has 2 aromatic carbocycles. The number of rotatable bonds is 7. The monoisotopic (exact) mass is 548 g/mol. The third-order valence-corrected chi connectivity index (χ3v) is 6.90. The first-order valence-corrected chi connectivity index (χ1v) is 13.3. The zero-order valence-electron chi connectivity index (χ0n) is 22.5. The minimum atomic E-state index is -0.589. The largest absolute Gasteiger partial charge is 0.473 e. The number of piperazine rings is 1. The number of nitrogens with zero attached hydrogens (tertiary/aromatic N) is 4. The molecule has 2 heterocycles. The van der Waals surface area contributed by atoms with E-state index in [9.17, 15) is 14.4 Å². The summed E-state index contributed by atoms with van der Waals surface area (Å²) in [5.74, 6) is 0.0127. The van der Waals surface area contributed by atoms with Crippen LogP contribution in [0, 0.1) is 0 Å². The molecular weight excluding hydrogens is 516 g/mol. The van der Waals surface area contributed by atoms with Gasteiger partial charge in [0.1, 0.15) is 24.9 Å². The number of anilines is 1. The molecule has 0 radical (unpaired) electrons. The van der Waals surface area contributed by atoms with Crippen molar-refractivity contribution in [3.63, 3.8) is 0 Å². The summed E-state index contributed by atoms with van der Waals surface area (Å²) in [6, 6.07) is 17.1. The first-order valence-electron chi connectivity index (χ1n) is 13.3. The molecule has 0 N–H and O–H groups in total. The number of hydrogen-bond acceptors (Lipinski definition) is 10. The molecule has 3 aromatic rings. The molecule has 40 heavy (non-hydrogen) atoms. The van der Waals surface area contributed by atoms with Gasteiger partial charge in [0.05, 0.1) is 10.9 Å². The highest BCUT2D eigenvalue weighted by Crippen LogP contribution is 2.33. The van der Waals surface area contributed by atoms with E-state index in [1.807, 2.05) is 59.5 Å².